The van der Waals surface area contributed by atoms with Crippen LogP contribution in [0, 0.1) is 13.8 Å². The molecule has 0 aliphatic carbocycles. The standard InChI is InChI=1S/C16H20N4OS/c1-11-4-3-5-15(18-11)20-8-6-13(7-9-20)19-16(21)14-10-17-12(2)22-14/h3-5,10,13H,6-9H2,1-2H3,(H,19,21). The van der Waals surface area contributed by atoms with E-state index in [1.807, 2.05) is 32.0 Å². The Morgan fingerprint density at radius 1 is 1.32 bits per heavy atom. The third-order valence-corrected chi connectivity index (χ3v) is 4.78. The molecule has 1 amide bonds. The van der Waals surface area contributed by atoms with Gasteiger partial charge in [0.05, 0.1) is 11.2 Å². The van der Waals surface area contributed by atoms with Crippen LogP contribution >= 0.6 is 11.3 Å². The summed E-state index contributed by atoms with van der Waals surface area (Å²) < 4.78 is 0. The summed E-state index contributed by atoms with van der Waals surface area (Å²) in [5.74, 6) is 1.03. The van der Waals surface area contributed by atoms with E-state index in [2.05, 4.69) is 20.2 Å². The first-order valence-electron chi connectivity index (χ1n) is 7.54. The molecule has 3 rings (SSSR count). The Hall–Kier alpha value is -1.95. The second-order valence-electron chi connectivity index (χ2n) is 5.62. The lowest BCUT2D eigenvalue weighted by molar-refractivity contribution is 0.0935. The fourth-order valence-electron chi connectivity index (χ4n) is 2.68. The number of anilines is 1. The van der Waals surface area contributed by atoms with Crippen LogP contribution in [0.15, 0.2) is 24.4 Å². The first kappa shape index (κ1) is 15.0. The molecule has 0 radical (unpaired) electrons. The minimum atomic E-state index is -0.00210. The fourth-order valence-corrected chi connectivity index (χ4v) is 3.36. The van der Waals surface area contributed by atoms with E-state index in [1.54, 1.807) is 6.20 Å². The Morgan fingerprint density at radius 3 is 2.73 bits per heavy atom. The van der Waals surface area contributed by atoms with Crippen molar-refractivity contribution in [3.8, 4) is 0 Å². The van der Waals surface area contributed by atoms with Crippen molar-refractivity contribution in [1.82, 2.24) is 15.3 Å². The van der Waals surface area contributed by atoms with Gasteiger partial charge in [-0.2, -0.15) is 0 Å². The Morgan fingerprint density at radius 2 is 2.09 bits per heavy atom. The van der Waals surface area contributed by atoms with Crippen LogP contribution in [-0.2, 0) is 0 Å². The molecule has 0 bridgehead atoms. The number of nitrogens with zero attached hydrogens (tertiary/aromatic N) is 3. The zero-order chi connectivity index (χ0) is 15.5. The van der Waals surface area contributed by atoms with Crippen LogP contribution in [0.3, 0.4) is 0 Å². The summed E-state index contributed by atoms with van der Waals surface area (Å²) in [6.45, 7) is 5.76. The summed E-state index contributed by atoms with van der Waals surface area (Å²) in [5, 5.41) is 4.04. The number of rotatable bonds is 3. The van der Waals surface area contributed by atoms with Crippen LogP contribution in [0.4, 0.5) is 5.82 Å². The Balaban J connectivity index is 1.54. The second kappa shape index (κ2) is 6.44. The lowest BCUT2D eigenvalue weighted by Crippen LogP contribution is -2.44. The van der Waals surface area contributed by atoms with Gasteiger partial charge in [-0.05, 0) is 38.8 Å². The minimum Gasteiger partial charge on any atom is -0.356 e. The van der Waals surface area contributed by atoms with Gasteiger partial charge in [0.1, 0.15) is 10.7 Å². The lowest BCUT2D eigenvalue weighted by Gasteiger charge is -2.33. The monoisotopic (exact) mass is 316 g/mol. The fraction of sp³-hybridized carbons (Fsp3) is 0.438. The van der Waals surface area contributed by atoms with E-state index in [1.165, 1.54) is 11.3 Å². The quantitative estimate of drug-likeness (QED) is 0.945. The SMILES string of the molecule is Cc1cccc(N2CCC(NC(=O)c3cnc(C)s3)CC2)n1. The summed E-state index contributed by atoms with van der Waals surface area (Å²) >= 11 is 1.44. The van der Waals surface area contributed by atoms with Crippen LogP contribution in [0.2, 0.25) is 0 Å². The Bertz CT molecular complexity index is 662. The smallest absolute Gasteiger partial charge is 0.263 e. The average Bonchev–Trinajstić information content (AvgIpc) is 2.95. The maximum absolute atomic E-state index is 12.2. The molecule has 2 aromatic heterocycles. The molecule has 1 aliphatic rings. The molecule has 0 aromatic carbocycles. The Labute approximate surface area is 134 Å². The zero-order valence-corrected chi connectivity index (χ0v) is 13.7. The van der Waals surface area contributed by atoms with Crippen LogP contribution in [0.25, 0.3) is 0 Å². The van der Waals surface area contributed by atoms with Crippen LogP contribution < -0.4 is 10.2 Å². The molecule has 0 unspecified atom stereocenters. The third kappa shape index (κ3) is 3.44. The number of piperidine rings is 1. The number of carbonyl (C=O) groups is 1. The van der Waals surface area contributed by atoms with Crippen molar-refractivity contribution in [2.75, 3.05) is 18.0 Å². The molecule has 1 N–H and O–H groups in total. The van der Waals surface area contributed by atoms with Gasteiger partial charge in [-0.3, -0.25) is 4.79 Å². The predicted octanol–water partition coefficient (Wildman–Crippen LogP) is 2.55. The first-order valence-corrected chi connectivity index (χ1v) is 8.35. The second-order valence-corrected chi connectivity index (χ2v) is 6.85. The van der Waals surface area contributed by atoms with E-state index in [9.17, 15) is 4.79 Å². The average molecular weight is 316 g/mol. The summed E-state index contributed by atoms with van der Waals surface area (Å²) in [7, 11) is 0. The molecule has 0 atom stereocenters. The number of aryl methyl sites for hydroxylation is 2. The number of hydrogen-bond donors (Lipinski definition) is 1. The van der Waals surface area contributed by atoms with Gasteiger partial charge in [0.25, 0.3) is 5.91 Å². The first-order chi connectivity index (χ1) is 10.6. The van der Waals surface area contributed by atoms with Crippen LogP contribution in [0.5, 0.6) is 0 Å². The van der Waals surface area contributed by atoms with E-state index in [4.69, 9.17) is 0 Å². The number of hydrogen-bond acceptors (Lipinski definition) is 5. The highest BCUT2D eigenvalue weighted by Crippen LogP contribution is 2.19. The molecule has 1 aliphatic heterocycles. The highest BCUT2D eigenvalue weighted by atomic mass is 32.1. The van der Waals surface area contributed by atoms with E-state index in [0.29, 0.717) is 4.88 Å². The summed E-state index contributed by atoms with van der Waals surface area (Å²) in [6.07, 6.45) is 3.54. The van der Waals surface area contributed by atoms with Gasteiger partial charge in [-0.15, -0.1) is 11.3 Å². The van der Waals surface area contributed by atoms with Gasteiger partial charge < -0.3 is 10.2 Å². The zero-order valence-electron chi connectivity index (χ0n) is 12.9. The van der Waals surface area contributed by atoms with Gasteiger partial charge in [0.15, 0.2) is 0 Å². The summed E-state index contributed by atoms with van der Waals surface area (Å²) in [4.78, 5) is 23.8. The van der Waals surface area contributed by atoms with Crippen molar-refractivity contribution < 1.29 is 4.79 Å². The third-order valence-electron chi connectivity index (χ3n) is 3.87. The van der Waals surface area contributed by atoms with Gasteiger partial charge in [0, 0.05) is 24.8 Å². The van der Waals surface area contributed by atoms with E-state index in [0.717, 1.165) is 42.5 Å². The topological polar surface area (TPSA) is 58.1 Å². The van der Waals surface area contributed by atoms with Crippen LogP contribution in [-0.4, -0.2) is 35.0 Å². The maximum atomic E-state index is 12.2. The minimum absolute atomic E-state index is 0.00210. The van der Waals surface area contributed by atoms with E-state index < -0.39 is 0 Å². The molecule has 0 saturated carbocycles. The lowest BCUT2D eigenvalue weighted by atomic mass is 10.0. The summed E-state index contributed by atoms with van der Waals surface area (Å²) in [6, 6.07) is 6.33. The van der Waals surface area contributed by atoms with Crippen molar-refractivity contribution in [2.24, 2.45) is 0 Å². The highest BCUT2D eigenvalue weighted by Gasteiger charge is 2.22. The number of nitrogens with one attached hydrogen (secondary N) is 1. The number of carbonyl (C=O) groups excluding carboxylic acids is 1. The molecule has 0 spiro atoms. The molecule has 1 saturated heterocycles. The molecule has 2 aromatic rings. The molecule has 5 nitrogen and oxygen atoms in total. The normalized spacial score (nSPS) is 15.8. The van der Waals surface area contributed by atoms with Crippen molar-refractivity contribution in [1.29, 1.82) is 0 Å². The van der Waals surface area contributed by atoms with Crippen molar-refractivity contribution in [2.45, 2.75) is 32.7 Å². The summed E-state index contributed by atoms with van der Waals surface area (Å²) in [5.41, 5.74) is 1.04. The predicted molar refractivity (Wildman–Crippen MR) is 88.5 cm³/mol. The number of pyridine rings is 1. The molecular formula is C16H20N4OS. The number of aromatic nitrogens is 2. The largest absolute Gasteiger partial charge is 0.356 e. The molecular weight excluding hydrogens is 296 g/mol. The number of amides is 1. The van der Waals surface area contributed by atoms with Gasteiger partial charge in [-0.1, -0.05) is 6.07 Å². The molecule has 22 heavy (non-hydrogen) atoms. The molecule has 116 valence electrons. The van der Waals surface area contributed by atoms with E-state index >= 15 is 0 Å². The number of thiazole rings is 1. The highest BCUT2D eigenvalue weighted by molar-refractivity contribution is 7.13. The van der Waals surface area contributed by atoms with Crippen molar-refractivity contribution in [3.63, 3.8) is 0 Å². The van der Waals surface area contributed by atoms with E-state index in [-0.39, 0.29) is 11.9 Å². The van der Waals surface area contributed by atoms with Gasteiger partial charge in [0.2, 0.25) is 0 Å². The van der Waals surface area contributed by atoms with Gasteiger partial charge in [-0.25, -0.2) is 9.97 Å². The van der Waals surface area contributed by atoms with Crippen LogP contribution in [0.1, 0.15) is 33.2 Å². The molecule has 3 heterocycles. The molecule has 1 fully saturated rings. The van der Waals surface area contributed by atoms with Gasteiger partial charge >= 0.3 is 0 Å². The molecule has 6 heteroatoms. The maximum Gasteiger partial charge on any atom is 0.263 e. The van der Waals surface area contributed by atoms with Crippen molar-refractivity contribution in [3.05, 3.63) is 40.0 Å². The van der Waals surface area contributed by atoms with Crippen molar-refractivity contribution >= 4 is 23.1 Å². The Kier molecular flexibility index (Phi) is 4.38.